The van der Waals surface area contributed by atoms with E-state index in [-0.39, 0.29) is 24.3 Å². The van der Waals surface area contributed by atoms with Crippen LogP contribution in [0, 0.1) is 11.7 Å². The van der Waals surface area contributed by atoms with Crippen LogP contribution in [0.2, 0.25) is 0 Å². The van der Waals surface area contributed by atoms with Gasteiger partial charge in [0.25, 0.3) is 11.8 Å². The van der Waals surface area contributed by atoms with Crippen LogP contribution >= 0.6 is 0 Å². The Morgan fingerprint density at radius 2 is 2.03 bits per heavy atom. The number of fused-ring (bicyclic) bond motifs is 1. The second-order valence-corrected chi connectivity index (χ2v) is 9.65. The molecule has 1 unspecified atom stereocenters. The average molecular weight is 433 g/mol. The van der Waals surface area contributed by atoms with Crippen LogP contribution in [0.15, 0.2) is 6.07 Å². The van der Waals surface area contributed by atoms with E-state index < -0.39 is 58.4 Å². The van der Waals surface area contributed by atoms with E-state index in [9.17, 15) is 27.1 Å². The first-order valence-corrected chi connectivity index (χ1v) is 11.0. The summed E-state index contributed by atoms with van der Waals surface area (Å²) >= 11 is 0. The van der Waals surface area contributed by atoms with Crippen molar-refractivity contribution in [1.82, 2.24) is 10.0 Å². The zero-order chi connectivity index (χ0) is 21.0. The second kappa shape index (κ2) is 7.05. The van der Waals surface area contributed by atoms with Gasteiger partial charge in [0.1, 0.15) is 18.0 Å². The van der Waals surface area contributed by atoms with Gasteiger partial charge in [-0.05, 0) is 55.2 Å². The van der Waals surface area contributed by atoms with E-state index in [2.05, 4.69) is 5.32 Å². The minimum absolute atomic E-state index is 0.0839. The number of hydrogen-bond acceptors (Lipinski definition) is 5. The lowest BCUT2D eigenvalue weighted by Gasteiger charge is -2.29. The summed E-state index contributed by atoms with van der Waals surface area (Å²) in [6.07, 6.45) is 2.46. The van der Waals surface area contributed by atoms with Crippen LogP contribution in [-0.4, -0.2) is 44.5 Å². The number of nitrogens with zero attached hydrogens (tertiary/aromatic N) is 1. The fraction of sp³-hybridized carbons (Fsp3) is 0.611. The summed E-state index contributed by atoms with van der Waals surface area (Å²) in [4.78, 5) is 11.4. The molecule has 1 atom stereocenters. The van der Waals surface area contributed by atoms with Crippen molar-refractivity contribution in [3.8, 4) is 5.75 Å². The molecule has 4 rings (SSSR count). The van der Waals surface area contributed by atoms with Crippen LogP contribution in [0.1, 0.15) is 36.8 Å². The predicted octanol–water partition coefficient (Wildman–Crippen LogP) is 1.59. The van der Waals surface area contributed by atoms with Crippen molar-refractivity contribution >= 4 is 21.8 Å². The number of alkyl halides is 2. The van der Waals surface area contributed by atoms with Gasteiger partial charge in [-0.25, -0.2) is 22.2 Å². The van der Waals surface area contributed by atoms with E-state index in [4.69, 9.17) is 0 Å². The molecule has 0 aromatic heterocycles. The Balaban J connectivity index is 1.54. The van der Waals surface area contributed by atoms with Crippen molar-refractivity contribution in [2.24, 2.45) is 5.92 Å². The summed E-state index contributed by atoms with van der Waals surface area (Å²) in [6.45, 7) is -1.13. The molecule has 3 aliphatic rings. The third-order valence-corrected chi connectivity index (χ3v) is 7.01. The van der Waals surface area contributed by atoms with E-state index in [0.29, 0.717) is 22.7 Å². The molecular weight excluding hydrogens is 411 g/mol. The van der Waals surface area contributed by atoms with Gasteiger partial charge in [0.05, 0.1) is 6.54 Å². The summed E-state index contributed by atoms with van der Waals surface area (Å²) in [5.41, 5.74) is 0.0749. The third-order valence-electron chi connectivity index (χ3n) is 5.63. The van der Waals surface area contributed by atoms with Crippen LogP contribution in [0.25, 0.3) is 0 Å². The molecule has 160 valence electrons. The summed E-state index contributed by atoms with van der Waals surface area (Å²) < 4.78 is 69.5. The molecule has 0 spiro atoms. The van der Waals surface area contributed by atoms with Crippen LogP contribution < -0.4 is 14.3 Å². The first-order valence-electron chi connectivity index (χ1n) is 9.53. The number of rotatable bonds is 6. The zero-order valence-corrected chi connectivity index (χ0v) is 16.4. The highest BCUT2D eigenvalue weighted by atomic mass is 32.2. The van der Waals surface area contributed by atoms with Crippen molar-refractivity contribution in [2.45, 2.75) is 50.5 Å². The van der Waals surface area contributed by atoms with E-state index in [1.807, 2.05) is 0 Å². The lowest BCUT2D eigenvalue weighted by atomic mass is 9.87. The van der Waals surface area contributed by atoms with Crippen molar-refractivity contribution in [3.05, 3.63) is 23.0 Å². The predicted molar refractivity (Wildman–Crippen MR) is 98.6 cm³/mol. The molecular formula is C18H22F3N3O4S. The number of halogens is 3. The minimum atomic E-state index is -4.29. The fourth-order valence-electron chi connectivity index (χ4n) is 4.01. The first-order chi connectivity index (χ1) is 13.6. The summed E-state index contributed by atoms with van der Waals surface area (Å²) in [6, 6.07) is 0.888. The highest BCUT2D eigenvalue weighted by Crippen LogP contribution is 2.40. The molecule has 0 bridgehead atoms. The number of phenolic OH excluding ortho intramolecular Hbond substituents is 1. The van der Waals surface area contributed by atoms with Crippen LogP contribution in [-0.2, 0) is 27.8 Å². The summed E-state index contributed by atoms with van der Waals surface area (Å²) in [5.74, 6) is -5.10. The van der Waals surface area contributed by atoms with Gasteiger partial charge < -0.3 is 10.4 Å². The average Bonchev–Trinajstić information content (AvgIpc) is 3.37. The van der Waals surface area contributed by atoms with E-state index in [1.165, 1.54) is 6.07 Å². The van der Waals surface area contributed by atoms with E-state index in [1.54, 1.807) is 4.72 Å². The second-order valence-electron chi connectivity index (χ2n) is 8.06. The van der Waals surface area contributed by atoms with Gasteiger partial charge in [0.15, 0.2) is 5.82 Å². The van der Waals surface area contributed by atoms with Gasteiger partial charge in [0, 0.05) is 12.5 Å². The smallest absolute Gasteiger partial charge is 0.326 e. The molecule has 3 N–H and O–H groups in total. The highest BCUT2D eigenvalue weighted by molar-refractivity contribution is 7.92. The van der Waals surface area contributed by atoms with Gasteiger partial charge in [0.2, 0.25) is 0 Å². The Morgan fingerprint density at radius 3 is 2.66 bits per heavy atom. The van der Waals surface area contributed by atoms with Gasteiger partial charge >= 0.3 is 10.2 Å². The SMILES string of the molecule is O=C1CN(c2c(O)cc3c(c2F)CC(NCC(F)(F)CC2CC2)CC3)S(=O)(=O)N1. The summed E-state index contributed by atoms with van der Waals surface area (Å²) in [7, 11) is -4.29. The van der Waals surface area contributed by atoms with Gasteiger partial charge in [-0.1, -0.05) is 0 Å². The van der Waals surface area contributed by atoms with Gasteiger partial charge in [-0.15, -0.1) is 0 Å². The number of hydrogen-bond donors (Lipinski definition) is 3. The Morgan fingerprint density at radius 1 is 1.31 bits per heavy atom. The summed E-state index contributed by atoms with van der Waals surface area (Å²) in [5, 5.41) is 13.0. The first kappa shape index (κ1) is 20.3. The molecule has 1 aliphatic heterocycles. The highest BCUT2D eigenvalue weighted by Gasteiger charge is 2.40. The fourth-order valence-corrected chi connectivity index (χ4v) is 5.17. The van der Waals surface area contributed by atoms with E-state index >= 15 is 4.39 Å². The maximum absolute atomic E-state index is 15.2. The number of carbonyl (C=O) groups is 1. The molecule has 2 fully saturated rings. The molecule has 1 saturated carbocycles. The molecule has 0 radical (unpaired) electrons. The largest absolute Gasteiger partial charge is 0.506 e. The number of nitrogens with one attached hydrogen (secondary N) is 2. The maximum atomic E-state index is 15.2. The molecule has 1 aromatic rings. The number of amides is 1. The van der Waals surface area contributed by atoms with E-state index in [0.717, 1.165) is 12.8 Å². The number of phenols is 1. The van der Waals surface area contributed by atoms with Crippen LogP contribution in [0.4, 0.5) is 18.9 Å². The number of aryl methyl sites for hydroxylation is 1. The van der Waals surface area contributed by atoms with Crippen molar-refractivity contribution < 1.29 is 31.5 Å². The Hall–Kier alpha value is -2.01. The quantitative estimate of drug-likeness (QED) is 0.633. The van der Waals surface area contributed by atoms with Crippen molar-refractivity contribution in [1.29, 1.82) is 0 Å². The van der Waals surface area contributed by atoms with Gasteiger partial charge in [-0.3, -0.25) is 4.79 Å². The van der Waals surface area contributed by atoms with Crippen LogP contribution in [0.3, 0.4) is 0 Å². The lowest BCUT2D eigenvalue weighted by Crippen LogP contribution is -2.42. The topological polar surface area (TPSA) is 98.7 Å². The van der Waals surface area contributed by atoms with Gasteiger partial charge in [-0.2, -0.15) is 8.42 Å². The monoisotopic (exact) mass is 433 g/mol. The molecule has 2 aliphatic carbocycles. The molecule has 1 aromatic carbocycles. The Bertz CT molecular complexity index is 950. The zero-order valence-electron chi connectivity index (χ0n) is 15.6. The molecule has 1 saturated heterocycles. The molecule has 1 amide bonds. The Labute approximate surface area is 166 Å². The normalized spacial score (nSPS) is 23.8. The lowest BCUT2D eigenvalue weighted by molar-refractivity contribution is -0.117. The standard InChI is InChI=1S/C18H22F3N3O4S/c19-16-13-6-12(22-9-18(20,21)7-10-1-2-10)4-3-11(13)5-14(25)17(16)24-8-15(26)23-29(24,27)28/h5,10,12,22,25H,1-4,6-9H2,(H,23,26). The number of anilines is 1. The molecule has 1 heterocycles. The van der Waals surface area contributed by atoms with Crippen LogP contribution in [0.5, 0.6) is 5.75 Å². The Kier molecular flexibility index (Phi) is 4.93. The third kappa shape index (κ3) is 4.16. The van der Waals surface area contributed by atoms with Crippen molar-refractivity contribution in [2.75, 3.05) is 17.4 Å². The number of benzene rings is 1. The number of carbonyl (C=O) groups excluding carboxylic acids is 1. The maximum Gasteiger partial charge on any atom is 0.326 e. The number of aromatic hydroxyl groups is 1. The molecule has 29 heavy (non-hydrogen) atoms. The molecule has 11 heteroatoms. The minimum Gasteiger partial charge on any atom is -0.506 e. The molecule has 7 nitrogen and oxygen atoms in total. The van der Waals surface area contributed by atoms with Crippen molar-refractivity contribution in [3.63, 3.8) is 0 Å².